The van der Waals surface area contributed by atoms with Gasteiger partial charge in [0.2, 0.25) is 0 Å². The van der Waals surface area contributed by atoms with Crippen molar-refractivity contribution in [1.82, 2.24) is 9.38 Å². The largest absolute Gasteiger partial charge is 0.330 e. The molecule has 0 spiro atoms. The Labute approximate surface area is 131 Å². The summed E-state index contributed by atoms with van der Waals surface area (Å²) in [5.41, 5.74) is 14.1. The van der Waals surface area contributed by atoms with Crippen molar-refractivity contribution in [2.24, 2.45) is 5.73 Å². The fourth-order valence-electron chi connectivity index (χ4n) is 2.95. The van der Waals surface area contributed by atoms with Crippen molar-refractivity contribution >= 4 is 5.65 Å². The van der Waals surface area contributed by atoms with Gasteiger partial charge >= 0.3 is 0 Å². The first-order valence-electron chi connectivity index (χ1n) is 7.86. The number of benzene rings is 1. The zero-order chi connectivity index (χ0) is 15.7. The van der Waals surface area contributed by atoms with Crippen LogP contribution in [0.25, 0.3) is 16.9 Å². The molecule has 22 heavy (non-hydrogen) atoms. The third-order valence-electron chi connectivity index (χ3n) is 4.33. The highest BCUT2D eigenvalue weighted by Crippen LogP contribution is 2.28. The molecule has 2 N–H and O–H groups in total. The first kappa shape index (κ1) is 14.8. The lowest BCUT2D eigenvalue weighted by Gasteiger charge is -2.08. The second kappa shape index (κ2) is 5.93. The van der Waals surface area contributed by atoms with E-state index in [0.717, 1.165) is 24.2 Å². The van der Waals surface area contributed by atoms with E-state index >= 15 is 0 Å². The highest BCUT2D eigenvalue weighted by Gasteiger charge is 2.15. The number of rotatable bonds is 4. The summed E-state index contributed by atoms with van der Waals surface area (Å²) in [4.78, 5) is 4.89. The minimum absolute atomic E-state index is 0.700. The number of hydrogen-bond donors (Lipinski definition) is 1. The van der Waals surface area contributed by atoms with Crippen LogP contribution in [0.15, 0.2) is 36.4 Å². The number of aryl methyl sites for hydroxylation is 4. The van der Waals surface area contributed by atoms with E-state index in [9.17, 15) is 0 Å². The van der Waals surface area contributed by atoms with Crippen molar-refractivity contribution < 1.29 is 0 Å². The number of nitrogens with zero attached hydrogens (tertiary/aromatic N) is 2. The smallest absolute Gasteiger partial charge is 0.137 e. The molecule has 2 aromatic heterocycles. The molecule has 0 amide bonds. The van der Waals surface area contributed by atoms with Gasteiger partial charge in [-0.3, -0.25) is 0 Å². The highest BCUT2D eigenvalue weighted by molar-refractivity contribution is 5.68. The van der Waals surface area contributed by atoms with Gasteiger partial charge in [-0.2, -0.15) is 0 Å². The average Bonchev–Trinajstić information content (AvgIpc) is 2.88. The van der Waals surface area contributed by atoms with Crippen LogP contribution in [-0.4, -0.2) is 15.9 Å². The molecule has 3 aromatic rings. The summed E-state index contributed by atoms with van der Waals surface area (Å²) in [6, 6.07) is 12.8. The van der Waals surface area contributed by atoms with Crippen LogP contribution in [0.4, 0.5) is 0 Å². The van der Waals surface area contributed by atoms with Crippen LogP contribution in [0.1, 0.15) is 28.9 Å². The van der Waals surface area contributed by atoms with Gasteiger partial charge < -0.3 is 10.1 Å². The summed E-state index contributed by atoms with van der Waals surface area (Å²) in [6.07, 6.45) is 1.92. The molecule has 0 bridgehead atoms. The van der Waals surface area contributed by atoms with E-state index < -0.39 is 0 Å². The van der Waals surface area contributed by atoms with Gasteiger partial charge in [-0.1, -0.05) is 18.2 Å². The lowest BCUT2D eigenvalue weighted by Crippen LogP contribution is -2.04. The molecule has 0 saturated heterocycles. The molecule has 3 nitrogen and oxygen atoms in total. The molecule has 0 aliphatic rings. The first-order valence-corrected chi connectivity index (χ1v) is 7.86. The second-order valence-corrected chi connectivity index (χ2v) is 5.96. The van der Waals surface area contributed by atoms with E-state index in [4.69, 9.17) is 10.7 Å². The molecule has 3 rings (SSSR count). The molecule has 0 fully saturated rings. The van der Waals surface area contributed by atoms with Gasteiger partial charge in [0.1, 0.15) is 5.65 Å². The SMILES string of the molecule is Cc1ccc(-c2nc3cccc(C)n3c2CCCN)cc1C. The Morgan fingerprint density at radius 3 is 2.59 bits per heavy atom. The number of aromatic nitrogens is 2. The number of imidazole rings is 1. The van der Waals surface area contributed by atoms with E-state index in [2.05, 4.69) is 61.6 Å². The van der Waals surface area contributed by atoms with Crippen LogP contribution < -0.4 is 5.73 Å². The summed E-state index contributed by atoms with van der Waals surface area (Å²) < 4.78 is 2.26. The fourth-order valence-corrected chi connectivity index (χ4v) is 2.95. The summed E-state index contributed by atoms with van der Waals surface area (Å²) in [6.45, 7) is 7.12. The normalized spacial score (nSPS) is 11.3. The van der Waals surface area contributed by atoms with Gasteiger partial charge in [-0.25, -0.2) is 4.98 Å². The standard InChI is InChI=1S/C19H23N3/c1-13-9-10-16(12-14(13)2)19-17(7-5-11-20)22-15(3)6-4-8-18(22)21-19/h4,6,8-10,12H,5,7,11,20H2,1-3H3. The Kier molecular flexibility index (Phi) is 3.99. The Morgan fingerprint density at radius 1 is 1.05 bits per heavy atom. The zero-order valence-corrected chi connectivity index (χ0v) is 13.6. The topological polar surface area (TPSA) is 43.3 Å². The molecular weight excluding hydrogens is 270 g/mol. The van der Waals surface area contributed by atoms with Gasteiger partial charge in [0.05, 0.1) is 11.4 Å². The number of hydrogen-bond acceptors (Lipinski definition) is 2. The monoisotopic (exact) mass is 293 g/mol. The fraction of sp³-hybridized carbons (Fsp3) is 0.316. The number of fused-ring (bicyclic) bond motifs is 1. The predicted octanol–water partition coefficient (Wildman–Crippen LogP) is 3.82. The van der Waals surface area contributed by atoms with Crippen LogP contribution >= 0.6 is 0 Å². The Hall–Kier alpha value is -2.13. The van der Waals surface area contributed by atoms with E-state index in [1.807, 2.05) is 0 Å². The maximum Gasteiger partial charge on any atom is 0.137 e. The summed E-state index contributed by atoms with van der Waals surface area (Å²) in [7, 11) is 0. The van der Waals surface area contributed by atoms with E-state index in [0.29, 0.717) is 6.54 Å². The summed E-state index contributed by atoms with van der Waals surface area (Å²) >= 11 is 0. The van der Waals surface area contributed by atoms with Crippen molar-refractivity contribution in [2.45, 2.75) is 33.6 Å². The molecule has 3 heteroatoms. The van der Waals surface area contributed by atoms with Crippen LogP contribution in [0.5, 0.6) is 0 Å². The maximum atomic E-state index is 5.73. The van der Waals surface area contributed by atoms with Gasteiger partial charge in [-0.15, -0.1) is 0 Å². The molecule has 0 aliphatic heterocycles. The van der Waals surface area contributed by atoms with E-state index in [1.165, 1.54) is 28.1 Å². The van der Waals surface area contributed by atoms with Crippen LogP contribution in [-0.2, 0) is 6.42 Å². The molecule has 0 saturated carbocycles. The van der Waals surface area contributed by atoms with Gasteiger partial charge in [0.15, 0.2) is 0 Å². The molecule has 0 radical (unpaired) electrons. The van der Waals surface area contributed by atoms with E-state index in [-0.39, 0.29) is 0 Å². The predicted molar refractivity (Wildman–Crippen MR) is 92.2 cm³/mol. The third kappa shape index (κ3) is 2.53. The Balaban J connectivity index is 2.23. The number of pyridine rings is 1. The molecule has 1 aromatic carbocycles. The van der Waals surface area contributed by atoms with Crippen molar-refractivity contribution in [3.63, 3.8) is 0 Å². The van der Waals surface area contributed by atoms with Gasteiger partial charge in [0.25, 0.3) is 0 Å². The van der Waals surface area contributed by atoms with Gasteiger partial charge in [0, 0.05) is 11.3 Å². The molecule has 0 aliphatic carbocycles. The van der Waals surface area contributed by atoms with Crippen molar-refractivity contribution in [3.8, 4) is 11.3 Å². The second-order valence-electron chi connectivity index (χ2n) is 5.96. The van der Waals surface area contributed by atoms with E-state index in [1.54, 1.807) is 0 Å². The lowest BCUT2D eigenvalue weighted by atomic mass is 10.0. The van der Waals surface area contributed by atoms with Crippen LogP contribution in [0, 0.1) is 20.8 Å². The van der Waals surface area contributed by atoms with Gasteiger partial charge in [-0.05, 0) is 69.5 Å². The molecule has 0 atom stereocenters. The van der Waals surface area contributed by atoms with Crippen molar-refractivity contribution in [3.05, 3.63) is 58.9 Å². The number of nitrogens with two attached hydrogens (primary N) is 1. The molecule has 0 unspecified atom stereocenters. The Morgan fingerprint density at radius 2 is 1.86 bits per heavy atom. The van der Waals surface area contributed by atoms with Crippen LogP contribution in [0.2, 0.25) is 0 Å². The lowest BCUT2D eigenvalue weighted by molar-refractivity contribution is 0.798. The Bertz CT molecular complexity index is 815. The molecular formula is C19H23N3. The first-order chi connectivity index (χ1) is 10.6. The average molecular weight is 293 g/mol. The van der Waals surface area contributed by atoms with Crippen molar-refractivity contribution in [2.75, 3.05) is 6.54 Å². The highest BCUT2D eigenvalue weighted by atomic mass is 15.0. The minimum Gasteiger partial charge on any atom is -0.330 e. The minimum atomic E-state index is 0.700. The summed E-state index contributed by atoms with van der Waals surface area (Å²) in [5, 5.41) is 0. The molecule has 2 heterocycles. The zero-order valence-electron chi connectivity index (χ0n) is 13.6. The maximum absolute atomic E-state index is 5.73. The third-order valence-corrected chi connectivity index (χ3v) is 4.33. The van der Waals surface area contributed by atoms with Crippen molar-refractivity contribution in [1.29, 1.82) is 0 Å². The quantitative estimate of drug-likeness (QED) is 0.794. The molecule has 114 valence electrons. The van der Waals surface area contributed by atoms with Crippen LogP contribution in [0.3, 0.4) is 0 Å². The summed E-state index contributed by atoms with van der Waals surface area (Å²) in [5.74, 6) is 0.